The molecule has 0 aliphatic rings. The van der Waals surface area contributed by atoms with Crippen LogP contribution in [0.5, 0.6) is 0 Å². The minimum absolute atomic E-state index is 0.386. The van der Waals surface area contributed by atoms with E-state index < -0.39 is 0 Å². The first-order valence-electron chi connectivity index (χ1n) is 4.97. The summed E-state index contributed by atoms with van der Waals surface area (Å²) in [5.74, 6) is 0. The molecule has 2 nitrogen and oxygen atoms in total. The van der Waals surface area contributed by atoms with Crippen molar-refractivity contribution in [1.82, 2.24) is 0 Å². The molecule has 0 spiro atoms. The van der Waals surface area contributed by atoms with Gasteiger partial charge < -0.3 is 8.85 Å². The molecule has 0 fully saturated rings. The molecular formula is C11H19O2Si2. The van der Waals surface area contributed by atoms with Crippen LogP contribution in [0.3, 0.4) is 0 Å². The molecule has 0 amide bonds. The Balaban J connectivity index is 0.000000288. The van der Waals surface area contributed by atoms with Gasteiger partial charge in [0.1, 0.15) is 0 Å². The Kier molecular flexibility index (Phi) is 9.82. The summed E-state index contributed by atoms with van der Waals surface area (Å²) in [4.78, 5) is 0. The maximum Gasteiger partial charge on any atom is 0.268 e. The molecule has 83 valence electrons. The summed E-state index contributed by atoms with van der Waals surface area (Å²) < 4.78 is 10.1. The molecule has 0 saturated carbocycles. The molecule has 3 radical (unpaired) electrons. The molecule has 1 aromatic carbocycles. The third-order valence-electron chi connectivity index (χ3n) is 1.43. The lowest BCUT2D eigenvalue weighted by Crippen LogP contribution is -2.14. The van der Waals surface area contributed by atoms with Gasteiger partial charge in [-0.05, 0) is 25.2 Å². The summed E-state index contributed by atoms with van der Waals surface area (Å²) in [7, 11) is 1.82. The van der Waals surface area contributed by atoms with Crippen molar-refractivity contribution in [3.05, 3.63) is 30.3 Å². The molecule has 1 rings (SSSR count). The second-order valence-corrected chi connectivity index (χ2v) is 6.31. The van der Waals surface area contributed by atoms with Gasteiger partial charge in [0.05, 0.1) is 0 Å². The first-order valence-corrected chi connectivity index (χ1v) is 8.29. The monoisotopic (exact) mass is 239 g/mol. The van der Waals surface area contributed by atoms with Crippen molar-refractivity contribution in [2.75, 3.05) is 13.7 Å². The van der Waals surface area contributed by atoms with E-state index in [0.29, 0.717) is 9.76 Å². The van der Waals surface area contributed by atoms with Crippen LogP contribution in [0.2, 0.25) is 13.1 Å². The van der Waals surface area contributed by atoms with Crippen molar-refractivity contribution >= 4 is 24.0 Å². The highest BCUT2D eigenvalue weighted by molar-refractivity contribution is 6.48. The average molecular weight is 239 g/mol. The van der Waals surface area contributed by atoms with Crippen LogP contribution in [-0.4, -0.2) is 32.5 Å². The van der Waals surface area contributed by atoms with Crippen molar-refractivity contribution < 1.29 is 8.85 Å². The van der Waals surface area contributed by atoms with Crippen LogP contribution < -0.4 is 5.19 Å². The number of hydrogen-bond donors (Lipinski definition) is 0. The molecule has 4 heteroatoms. The fraction of sp³-hybridized carbons (Fsp3) is 0.455. The highest BCUT2D eigenvalue weighted by Crippen LogP contribution is 1.80. The smallest absolute Gasteiger partial charge is 0.268 e. The minimum atomic E-state index is -0.386. The summed E-state index contributed by atoms with van der Waals surface area (Å²) in [6.45, 7) is 7.17. The van der Waals surface area contributed by atoms with E-state index in [0.717, 1.165) is 6.61 Å². The zero-order valence-corrected chi connectivity index (χ0v) is 11.9. The van der Waals surface area contributed by atoms with Gasteiger partial charge in [-0.1, -0.05) is 30.3 Å². The standard InChI is InChI=1S/C7H8OSi.C4H11OSi/c1-8-9-7-5-3-2-4-6-7;1-4-5-6(2)3/h2-6H,1H3;4H2,1-3H3. The van der Waals surface area contributed by atoms with Gasteiger partial charge in [0.15, 0.2) is 0 Å². The van der Waals surface area contributed by atoms with E-state index in [2.05, 4.69) is 25.2 Å². The molecule has 0 atom stereocenters. The maximum absolute atomic E-state index is 5.14. The molecule has 1 aromatic rings. The second-order valence-electron chi connectivity index (χ2n) is 3.01. The van der Waals surface area contributed by atoms with E-state index >= 15 is 0 Å². The third kappa shape index (κ3) is 9.87. The first-order chi connectivity index (χ1) is 7.20. The van der Waals surface area contributed by atoms with E-state index in [1.807, 2.05) is 25.1 Å². The lowest BCUT2D eigenvalue weighted by molar-refractivity contribution is 0.350. The normalized spacial score (nSPS) is 9.67. The van der Waals surface area contributed by atoms with Crippen LogP contribution in [-0.2, 0) is 8.85 Å². The Morgan fingerprint density at radius 2 is 1.80 bits per heavy atom. The van der Waals surface area contributed by atoms with Crippen molar-refractivity contribution in [2.24, 2.45) is 0 Å². The molecule has 0 bridgehead atoms. The predicted octanol–water partition coefficient (Wildman–Crippen LogP) is 1.85. The van der Waals surface area contributed by atoms with Crippen LogP contribution >= 0.6 is 0 Å². The average Bonchev–Trinajstić information content (AvgIpc) is 2.20. The predicted molar refractivity (Wildman–Crippen MR) is 67.9 cm³/mol. The molecule has 0 N–H and O–H groups in total. The number of rotatable bonds is 4. The summed E-state index contributed by atoms with van der Waals surface area (Å²) in [6, 6.07) is 10.1. The lowest BCUT2D eigenvalue weighted by Gasteiger charge is -1.97. The number of hydrogen-bond acceptors (Lipinski definition) is 2. The van der Waals surface area contributed by atoms with Gasteiger partial charge in [0, 0.05) is 13.7 Å². The van der Waals surface area contributed by atoms with E-state index in [9.17, 15) is 0 Å². The Hall–Kier alpha value is -0.426. The summed E-state index contributed by atoms with van der Waals surface area (Å²) in [6.07, 6.45) is 0. The molecule has 0 aliphatic carbocycles. The molecule has 0 aliphatic heterocycles. The summed E-state index contributed by atoms with van der Waals surface area (Å²) in [5.41, 5.74) is 0. The molecule has 0 heterocycles. The van der Waals surface area contributed by atoms with Gasteiger partial charge in [-0.3, -0.25) is 0 Å². The van der Waals surface area contributed by atoms with E-state index in [-0.39, 0.29) is 9.04 Å². The highest BCUT2D eigenvalue weighted by atomic mass is 28.3. The van der Waals surface area contributed by atoms with E-state index in [1.165, 1.54) is 5.19 Å². The molecule has 0 unspecified atom stereocenters. The van der Waals surface area contributed by atoms with Gasteiger partial charge in [0.2, 0.25) is 9.04 Å². The molecular weight excluding hydrogens is 220 g/mol. The van der Waals surface area contributed by atoms with Gasteiger partial charge in [-0.15, -0.1) is 0 Å². The zero-order chi connectivity index (χ0) is 11.5. The maximum atomic E-state index is 5.14. The summed E-state index contributed by atoms with van der Waals surface area (Å²) in [5, 5.41) is 1.25. The number of benzene rings is 1. The molecule has 0 aromatic heterocycles. The Morgan fingerprint density at radius 1 is 1.20 bits per heavy atom. The van der Waals surface area contributed by atoms with Gasteiger partial charge in [-0.2, -0.15) is 0 Å². The van der Waals surface area contributed by atoms with Gasteiger partial charge in [-0.25, -0.2) is 0 Å². The van der Waals surface area contributed by atoms with Crippen molar-refractivity contribution in [3.63, 3.8) is 0 Å². The fourth-order valence-corrected chi connectivity index (χ4v) is 2.05. The lowest BCUT2D eigenvalue weighted by atomic mass is 10.4. The van der Waals surface area contributed by atoms with Crippen LogP contribution in [0.15, 0.2) is 30.3 Å². The highest BCUT2D eigenvalue weighted by Gasteiger charge is 1.89. The largest absolute Gasteiger partial charge is 0.417 e. The SMILES string of the molecule is CCO[Si](C)C.CO[Si]c1ccccc1. The Labute approximate surface area is 97.3 Å². The van der Waals surface area contributed by atoms with Gasteiger partial charge >= 0.3 is 0 Å². The van der Waals surface area contributed by atoms with Crippen molar-refractivity contribution in [2.45, 2.75) is 20.0 Å². The molecule has 15 heavy (non-hydrogen) atoms. The second kappa shape index (κ2) is 10.1. The van der Waals surface area contributed by atoms with Crippen LogP contribution in [0.25, 0.3) is 0 Å². The summed E-state index contributed by atoms with van der Waals surface area (Å²) >= 11 is 0. The third-order valence-corrected chi connectivity index (χ3v) is 3.07. The molecule has 0 saturated heterocycles. The van der Waals surface area contributed by atoms with Crippen LogP contribution in [0, 0.1) is 0 Å². The van der Waals surface area contributed by atoms with Crippen LogP contribution in [0.4, 0.5) is 0 Å². The minimum Gasteiger partial charge on any atom is -0.417 e. The van der Waals surface area contributed by atoms with Gasteiger partial charge in [0.25, 0.3) is 9.76 Å². The van der Waals surface area contributed by atoms with Crippen molar-refractivity contribution in [1.29, 1.82) is 0 Å². The Morgan fingerprint density at radius 3 is 2.13 bits per heavy atom. The fourth-order valence-electron chi connectivity index (χ4n) is 0.913. The Bertz CT molecular complexity index is 227. The quantitative estimate of drug-likeness (QED) is 0.747. The van der Waals surface area contributed by atoms with Crippen LogP contribution in [0.1, 0.15) is 6.92 Å². The zero-order valence-electron chi connectivity index (χ0n) is 9.91. The first kappa shape index (κ1) is 14.6. The van der Waals surface area contributed by atoms with Crippen molar-refractivity contribution in [3.8, 4) is 0 Å². The van der Waals surface area contributed by atoms with E-state index in [4.69, 9.17) is 8.85 Å². The van der Waals surface area contributed by atoms with E-state index in [1.54, 1.807) is 7.11 Å². The topological polar surface area (TPSA) is 18.5 Å².